The van der Waals surface area contributed by atoms with E-state index in [0.29, 0.717) is 11.1 Å². The molecule has 1 aliphatic heterocycles. The highest BCUT2D eigenvalue weighted by Gasteiger charge is 2.30. The van der Waals surface area contributed by atoms with Crippen LogP contribution in [0.25, 0.3) is 21.6 Å². The zero-order valence-corrected chi connectivity index (χ0v) is 11.1. The number of nitrogens with one attached hydrogen (secondary N) is 1. The minimum Gasteiger partial charge on any atom is -0.288 e. The summed E-state index contributed by atoms with van der Waals surface area (Å²) < 4.78 is 0. The molecule has 0 unspecified atom stereocenters. The van der Waals surface area contributed by atoms with Gasteiger partial charge < -0.3 is 0 Å². The number of nitrogens with zero attached hydrogens (tertiary/aromatic N) is 3. The van der Waals surface area contributed by atoms with Crippen LogP contribution >= 0.6 is 0 Å². The molecule has 7 nitrogen and oxygen atoms in total. The van der Waals surface area contributed by atoms with Crippen LogP contribution in [0.5, 0.6) is 0 Å². The van der Waals surface area contributed by atoms with E-state index < -0.39 is 17.7 Å². The van der Waals surface area contributed by atoms with Gasteiger partial charge in [0.25, 0.3) is 11.8 Å². The van der Waals surface area contributed by atoms with Gasteiger partial charge >= 0.3 is 0 Å². The number of carbonyl (C=O) groups excluding carboxylic acids is 3. The molecule has 0 aliphatic carbocycles. The quantitative estimate of drug-likeness (QED) is 0.397. The molecule has 3 amide bonds. The molecule has 22 heavy (non-hydrogen) atoms. The fourth-order valence-electron chi connectivity index (χ4n) is 2.44. The molecule has 0 radical (unpaired) electrons. The Morgan fingerprint density at radius 1 is 0.955 bits per heavy atom. The van der Waals surface area contributed by atoms with Crippen molar-refractivity contribution in [2.24, 2.45) is 5.11 Å². The Labute approximate surface area is 124 Å². The first-order chi connectivity index (χ1) is 10.6. The number of benzene rings is 2. The molecule has 0 fully saturated rings. The van der Waals surface area contributed by atoms with Gasteiger partial charge in [0.2, 0.25) is 5.91 Å². The van der Waals surface area contributed by atoms with Crippen molar-refractivity contribution >= 4 is 17.7 Å². The monoisotopic (exact) mass is 292 g/mol. The molecule has 0 aromatic heterocycles. The summed E-state index contributed by atoms with van der Waals surface area (Å²) >= 11 is 0. The van der Waals surface area contributed by atoms with Crippen LogP contribution in [0.2, 0.25) is 0 Å². The normalized spacial score (nSPS) is 12.4. The summed E-state index contributed by atoms with van der Waals surface area (Å²) in [7, 11) is 0. The summed E-state index contributed by atoms with van der Waals surface area (Å²) in [5.41, 5.74) is 9.94. The standard InChI is InChI=1S/C15H8N4O3/c16-19-18-14(21)10-5-2-1-4-8(10)9-6-3-7-11-12(9)15(22)17-13(11)20/h1-7H,(H,17,20,22). The Balaban J connectivity index is 2.27. The second kappa shape index (κ2) is 5.16. The van der Waals surface area contributed by atoms with Gasteiger partial charge in [-0.3, -0.25) is 19.7 Å². The van der Waals surface area contributed by atoms with Crippen molar-refractivity contribution in [3.8, 4) is 11.1 Å². The lowest BCUT2D eigenvalue weighted by atomic mass is 9.93. The van der Waals surface area contributed by atoms with Gasteiger partial charge in [0.15, 0.2) is 0 Å². The van der Waals surface area contributed by atoms with Crippen molar-refractivity contribution in [1.29, 1.82) is 0 Å². The largest absolute Gasteiger partial charge is 0.288 e. The summed E-state index contributed by atoms with van der Waals surface area (Å²) in [6, 6.07) is 11.2. The highest BCUT2D eigenvalue weighted by Crippen LogP contribution is 2.31. The third-order valence-corrected chi connectivity index (χ3v) is 3.35. The number of carbonyl (C=O) groups is 3. The molecule has 2 aromatic rings. The van der Waals surface area contributed by atoms with E-state index in [1.807, 2.05) is 0 Å². The smallest absolute Gasteiger partial charge is 0.259 e. The Morgan fingerprint density at radius 2 is 1.64 bits per heavy atom. The predicted octanol–water partition coefficient (Wildman–Crippen LogP) is 2.69. The van der Waals surface area contributed by atoms with Gasteiger partial charge in [-0.2, -0.15) is 0 Å². The van der Waals surface area contributed by atoms with Crippen molar-refractivity contribution in [3.63, 3.8) is 0 Å². The van der Waals surface area contributed by atoms with E-state index in [9.17, 15) is 14.4 Å². The molecule has 7 heteroatoms. The zero-order chi connectivity index (χ0) is 15.7. The van der Waals surface area contributed by atoms with Crippen molar-refractivity contribution < 1.29 is 14.4 Å². The summed E-state index contributed by atoms with van der Waals surface area (Å²) in [6.07, 6.45) is 0. The molecule has 1 N–H and O–H groups in total. The molecule has 3 rings (SSSR count). The number of amides is 3. The number of hydrogen-bond acceptors (Lipinski definition) is 3. The first-order valence-electron chi connectivity index (χ1n) is 6.31. The van der Waals surface area contributed by atoms with E-state index in [1.54, 1.807) is 30.3 Å². The lowest BCUT2D eigenvalue weighted by Crippen LogP contribution is -2.20. The van der Waals surface area contributed by atoms with Crippen LogP contribution in [-0.2, 0) is 0 Å². The molecule has 1 heterocycles. The van der Waals surface area contributed by atoms with Crippen LogP contribution in [0.3, 0.4) is 0 Å². The lowest BCUT2D eigenvalue weighted by Gasteiger charge is -2.09. The number of imide groups is 1. The molecule has 2 aromatic carbocycles. The Kier molecular flexibility index (Phi) is 3.17. The third-order valence-electron chi connectivity index (χ3n) is 3.35. The van der Waals surface area contributed by atoms with Crippen molar-refractivity contribution in [2.45, 2.75) is 0 Å². The van der Waals surface area contributed by atoms with E-state index >= 15 is 0 Å². The fraction of sp³-hybridized carbons (Fsp3) is 0. The summed E-state index contributed by atoms with van der Waals surface area (Å²) in [4.78, 5) is 38.1. The molecule has 0 atom stereocenters. The second-order valence-corrected chi connectivity index (χ2v) is 4.55. The van der Waals surface area contributed by atoms with Crippen molar-refractivity contribution in [3.05, 3.63) is 69.6 Å². The first kappa shape index (κ1) is 13.5. The molecule has 0 saturated heterocycles. The van der Waals surface area contributed by atoms with E-state index in [2.05, 4.69) is 15.3 Å². The van der Waals surface area contributed by atoms with Gasteiger partial charge in [0.1, 0.15) is 0 Å². The van der Waals surface area contributed by atoms with Gasteiger partial charge in [-0.15, -0.1) is 0 Å². The molecular formula is C15H8N4O3. The number of azide groups is 1. The average Bonchev–Trinajstić information content (AvgIpc) is 2.82. The van der Waals surface area contributed by atoms with Gasteiger partial charge in [0, 0.05) is 10.5 Å². The molecule has 0 spiro atoms. The van der Waals surface area contributed by atoms with Crippen molar-refractivity contribution in [2.75, 3.05) is 0 Å². The Bertz CT molecular complexity index is 882. The minimum absolute atomic E-state index is 0.167. The van der Waals surface area contributed by atoms with Crippen LogP contribution in [0, 0.1) is 0 Å². The van der Waals surface area contributed by atoms with Crippen LogP contribution in [0.15, 0.2) is 47.6 Å². The number of rotatable bonds is 2. The minimum atomic E-state index is -0.750. The van der Waals surface area contributed by atoms with Crippen LogP contribution in [-0.4, -0.2) is 17.7 Å². The maximum Gasteiger partial charge on any atom is 0.259 e. The SMILES string of the molecule is [N-]=[N+]=NC(=O)c1ccccc1-c1cccc2c1C(=O)NC2=O. The topological polar surface area (TPSA) is 112 Å². The molecule has 106 valence electrons. The fourth-order valence-corrected chi connectivity index (χ4v) is 2.44. The highest BCUT2D eigenvalue weighted by atomic mass is 16.2. The van der Waals surface area contributed by atoms with Crippen molar-refractivity contribution in [1.82, 2.24) is 5.32 Å². The Hall–Kier alpha value is -3.44. The summed E-state index contributed by atoms with van der Waals surface area (Å²) in [6.45, 7) is 0. The lowest BCUT2D eigenvalue weighted by molar-refractivity contribution is 0.0878. The van der Waals surface area contributed by atoms with Gasteiger partial charge in [-0.1, -0.05) is 36.4 Å². The number of hydrogen-bond donors (Lipinski definition) is 1. The number of fused-ring (bicyclic) bond motifs is 1. The Morgan fingerprint density at radius 3 is 2.41 bits per heavy atom. The highest BCUT2D eigenvalue weighted by molar-refractivity contribution is 6.24. The van der Waals surface area contributed by atoms with Gasteiger partial charge in [0.05, 0.1) is 11.1 Å². The second-order valence-electron chi connectivity index (χ2n) is 4.55. The van der Waals surface area contributed by atoms with Gasteiger partial charge in [-0.05, 0) is 27.8 Å². The molecular weight excluding hydrogens is 284 g/mol. The van der Waals surface area contributed by atoms with E-state index in [-0.39, 0.29) is 16.7 Å². The van der Waals surface area contributed by atoms with Crippen LogP contribution in [0.4, 0.5) is 0 Å². The van der Waals surface area contributed by atoms with E-state index in [1.165, 1.54) is 12.1 Å². The third kappa shape index (κ3) is 2.02. The first-order valence-corrected chi connectivity index (χ1v) is 6.31. The van der Waals surface area contributed by atoms with Gasteiger partial charge in [-0.25, -0.2) is 0 Å². The van der Waals surface area contributed by atoms with E-state index in [4.69, 9.17) is 5.53 Å². The summed E-state index contributed by atoms with van der Waals surface area (Å²) in [5.74, 6) is -1.73. The molecule has 0 bridgehead atoms. The van der Waals surface area contributed by atoms with Crippen LogP contribution < -0.4 is 5.32 Å². The molecule has 1 aliphatic rings. The van der Waals surface area contributed by atoms with E-state index in [0.717, 1.165) is 0 Å². The zero-order valence-electron chi connectivity index (χ0n) is 11.1. The molecule has 0 saturated carbocycles. The maximum atomic E-state index is 12.0. The maximum absolute atomic E-state index is 12.0. The van der Waals surface area contributed by atoms with Crippen LogP contribution in [0.1, 0.15) is 31.1 Å². The summed E-state index contributed by atoms with van der Waals surface area (Å²) in [5, 5.41) is 5.30. The average molecular weight is 292 g/mol. The predicted molar refractivity (Wildman–Crippen MR) is 77.2 cm³/mol.